The summed E-state index contributed by atoms with van der Waals surface area (Å²) >= 11 is 0. The van der Waals surface area contributed by atoms with Crippen molar-refractivity contribution < 1.29 is 0 Å². The highest BCUT2D eigenvalue weighted by atomic mass is 15.2. The van der Waals surface area contributed by atoms with E-state index in [1.165, 1.54) is 12.8 Å². The van der Waals surface area contributed by atoms with Gasteiger partial charge in [0.1, 0.15) is 0 Å². The molecule has 0 aromatic rings. The van der Waals surface area contributed by atoms with Gasteiger partial charge in [0.15, 0.2) is 0 Å². The highest BCUT2D eigenvalue weighted by Gasteiger charge is 2.34. The zero-order chi connectivity index (χ0) is 10.1. The van der Waals surface area contributed by atoms with Gasteiger partial charge in [0, 0.05) is 18.0 Å². The molecule has 0 aromatic carbocycles. The molecule has 0 saturated carbocycles. The fourth-order valence-electron chi connectivity index (χ4n) is 2.37. The minimum atomic E-state index is 0.300. The lowest BCUT2D eigenvalue weighted by Crippen LogP contribution is -2.45. The van der Waals surface area contributed by atoms with Crippen molar-refractivity contribution >= 4 is 5.84 Å². The summed E-state index contributed by atoms with van der Waals surface area (Å²) in [6.07, 6.45) is 3.23. The Labute approximate surface area is 80.8 Å². The van der Waals surface area contributed by atoms with Crippen LogP contribution in [-0.4, -0.2) is 28.9 Å². The lowest BCUT2D eigenvalue weighted by atomic mass is 10.00. The van der Waals surface area contributed by atoms with Crippen LogP contribution in [0.2, 0.25) is 0 Å². The predicted molar refractivity (Wildman–Crippen MR) is 56.0 cm³/mol. The van der Waals surface area contributed by atoms with Gasteiger partial charge in [-0.2, -0.15) is 0 Å². The molecule has 1 heterocycles. The van der Waals surface area contributed by atoms with Crippen molar-refractivity contribution in [2.45, 2.75) is 51.6 Å². The number of nitrogens with two attached hydrogens (primary N) is 1. The van der Waals surface area contributed by atoms with Gasteiger partial charge in [-0.15, -0.1) is 0 Å². The van der Waals surface area contributed by atoms with E-state index in [4.69, 9.17) is 11.1 Å². The molecule has 13 heavy (non-hydrogen) atoms. The molecule has 1 aliphatic rings. The van der Waals surface area contributed by atoms with E-state index in [1.807, 2.05) is 0 Å². The van der Waals surface area contributed by atoms with Crippen molar-refractivity contribution in [2.24, 2.45) is 5.73 Å². The largest absolute Gasteiger partial charge is 0.388 e. The second-order valence-corrected chi connectivity index (χ2v) is 4.69. The molecule has 1 aliphatic heterocycles. The Hall–Kier alpha value is -0.570. The molecule has 0 amide bonds. The van der Waals surface area contributed by atoms with Crippen LogP contribution in [0, 0.1) is 5.41 Å². The molecule has 76 valence electrons. The van der Waals surface area contributed by atoms with Crippen molar-refractivity contribution in [2.75, 3.05) is 6.54 Å². The Bertz CT molecular complexity index is 198. The molecule has 0 aliphatic carbocycles. The standard InChI is InChI=1S/C10H21N3/c1-8(7-9(11)12)13-6-4-5-10(13,2)3/h8H,4-7H2,1-3H3,(H3,11,12). The second kappa shape index (κ2) is 3.66. The predicted octanol–water partition coefficient (Wildman–Crippen LogP) is 1.58. The third-order valence-corrected chi connectivity index (χ3v) is 3.01. The molecule has 0 radical (unpaired) electrons. The highest BCUT2D eigenvalue weighted by Crippen LogP contribution is 2.30. The third kappa shape index (κ3) is 2.44. The van der Waals surface area contributed by atoms with Crippen LogP contribution in [-0.2, 0) is 0 Å². The van der Waals surface area contributed by atoms with E-state index < -0.39 is 0 Å². The van der Waals surface area contributed by atoms with Crippen LogP contribution < -0.4 is 5.73 Å². The van der Waals surface area contributed by atoms with Crippen molar-refractivity contribution in [1.29, 1.82) is 5.41 Å². The van der Waals surface area contributed by atoms with Gasteiger partial charge in [-0.05, 0) is 40.2 Å². The fraction of sp³-hybridized carbons (Fsp3) is 0.900. The van der Waals surface area contributed by atoms with Crippen molar-refractivity contribution in [3.05, 3.63) is 0 Å². The summed E-state index contributed by atoms with van der Waals surface area (Å²) in [5, 5.41) is 7.27. The number of rotatable bonds is 3. The van der Waals surface area contributed by atoms with Crippen LogP contribution in [0.15, 0.2) is 0 Å². The molecule has 1 atom stereocenters. The summed E-state index contributed by atoms with van der Waals surface area (Å²) in [4.78, 5) is 2.47. The Morgan fingerprint density at radius 2 is 2.23 bits per heavy atom. The number of likely N-dealkylation sites (tertiary alicyclic amines) is 1. The van der Waals surface area contributed by atoms with Crippen molar-refractivity contribution in [3.8, 4) is 0 Å². The number of hydrogen-bond acceptors (Lipinski definition) is 2. The van der Waals surface area contributed by atoms with Gasteiger partial charge < -0.3 is 5.73 Å². The number of nitrogens with zero attached hydrogens (tertiary/aromatic N) is 1. The summed E-state index contributed by atoms with van der Waals surface area (Å²) < 4.78 is 0. The maximum Gasteiger partial charge on any atom is 0.0920 e. The van der Waals surface area contributed by atoms with Crippen LogP contribution in [0.1, 0.15) is 40.0 Å². The molecule has 3 heteroatoms. The molecular weight excluding hydrogens is 162 g/mol. The molecule has 1 unspecified atom stereocenters. The van der Waals surface area contributed by atoms with Gasteiger partial charge in [0.2, 0.25) is 0 Å². The molecule has 1 rings (SSSR count). The molecule has 0 bridgehead atoms. The van der Waals surface area contributed by atoms with E-state index in [0.717, 1.165) is 6.54 Å². The van der Waals surface area contributed by atoms with Crippen molar-refractivity contribution in [1.82, 2.24) is 4.90 Å². The molecular formula is C10H21N3. The van der Waals surface area contributed by atoms with Gasteiger partial charge in [0.25, 0.3) is 0 Å². The Morgan fingerprint density at radius 3 is 2.62 bits per heavy atom. The van der Waals surface area contributed by atoms with E-state index in [0.29, 0.717) is 23.8 Å². The zero-order valence-electron chi connectivity index (χ0n) is 8.93. The van der Waals surface area contributed by atoms with Crippen LogP contribution in [0.25, 0.3) is 0 Å². The lowest BCUT2D eigenvalue weighted by Gasteiger charge is -2.36. The normalized spacial score (nSPS) is 24.5. The van der Waals surface area contributed by atoms with E-state index >= 15 is 0 Å². The Morgan fingerprint density at radius 1 is 1.62 bits per heavy atom. The van der Waals surface area contributed by atoms with E-state index in [1.54, 1.807) is 0 Å². The third-order valence-electron chi connectivity index (χ3n) is 3.01. The first kappa shape index (κ1) is 10.5. The second-order valence-electron chi connectivity index (χ2n) is 4.69. The lowest BCUT2D eigenvalue weighted by molar-refractivity contribution is 0.128. The summed E-state index contributed by atoms with van der Waals surface area (Å²) in [5.74, 6) is 0.301. The smallest absolute Gasteiger partial charge is 0.0920 e. The van der Waals surface area contributed by atoms with Crippen LogP contribution in [0.5, 0.6) is 0 Å². The fourth-order valence-corrected chi connectivity index (χ4v) is 2.37. The first-order valence-corrected chi connectivity index (χ1v) is 5.03. The van der Waals surface area contributed by atoms with Gasteiger partial charge in [0.05, 0.1) is 5.84 Å². The Kier molecular flexibility index (Phi) is 2.96. The number of hydrogen-bond donors (Lipinski definition) is 2. The summed E-state index contributed by atoms with van der Waals surface area (Å²) in [6, 6.07) is 0.412. The summed E-state index contributed by atoms with van der Waals surface area (Å²) in [5.41, 5.74) is 5.71. The minimum Gasteiger partial charge on any atom is -0.388 e. The summed E-state index contributed by atoms with van der Waals surface area (Å²) in [7, 11) is 0. The first-order valence-electron chi connectivity index (χ1n) is 5.03. The number of amidine groups is 1. The number of nitrogens with one attached hydrogen (secondary N) is 1. The van der Waals surface area contributed by atoms with E-state index in [-0.39, 0.29) is 0 Å². The zero-order valence-corrected chi connectivity index (χ0v) is 8.93. The maximum atomic E-state index is 7.27. The van der Waals surface area contributed by atoms with Gasteiger partial charge >= 0.3 is 0 Å². The van der Waals surface area contributed by atoms with Gasteiger partial charge in [-0.3, -0.25) is 10.3 Å². The van der Waals surface area contributed by atoms with Crippen LogP contribution in [0.3, 0.4) is 0 Å². The Balaban J connectivity index is 2.55. The van der Waals surface area contributed by atoms with E-state index in [2.05, 4.69) is 25.7 Å². The molecule has 0 aromatic heterocycles. The SMILES string of the molecule is CC(CC(=N)N)N1CCCC1(C)C. The molecule has 3 nitrogen and oxygen atoms in total. The van der Waals surface area contributed by atoms with Crippen LogP contribution >= 0.6 is 0 Å². The topological polar surface area (TPSA) is 53.1 Å². The highest BCUT2D eigenvalue weighted by molar-refractivity contribution is 5.77. The van der Waals surface area contributed by atoms with E-state index in [9.17, 15) is 0 Å². The maximum absolute atomic E-state index is 7.27. The van der Waals surface area contributed by atoms with Gasteiger partial charge in [-0.25, -0.2) is 0 Å². The quantitative estimate of drug-likeness (QED) is 0.515. The monoisotopic (exact) mass is 183 g/mol. The first-order chi connectivity index (χ1) is 5.93. The minimum absolute atomic E-state index is 0.300. The average molecular weight is 183 g/mol. The van der Waals surface area contributed by atoms with Crippen molar-refractivity contribution in [3.63, 3.8) is 0 Å². The molecule has 1 saturated heterocycles. The average Bonchev–Trinajstić information content (AvgIpc) is 2.27. The molecule has 1 fully saturated rings. The summed E-state index contributed by atoms with van der Waals surface area (Å²) in [6.45, 7) is 7.86. The molecule has 0 spiro atoms. The molecule has 3 N–H and O–H groups in total. The van der Waals surface area contributed by atoms with Crippen LogP contribution in [0.4, 0.5) is 0 Å². The van der Waals surface area contributed by atoms with Gasteiger partial charge in [-0.1, -0.05) is 0 Å².